The summed E-state index contributed by atoms with van der Waals surface area (Å²) in [6, 6.07) is 13.7. The lowest BCUT2D eigenvalue weighted by molar-refractivity contribution is 0.100. The summed E-state index contributed by atoms with van der Waals surface area (Å²) < 4.78 is 1.81. The first-order chi connectivity index (χ1) is 15.1. The SMILES string of the molecule is CN1CCCc2c(NCc3ccccc3)nc(-c3ncc4c(C(N)=O)cccn34)nc21. The van der Waals surface area contributed by atoms with Crippen LogP contribution in [0.2, 0.25) is 0 Å². The first-order valence-electron chi connectivity index (χ1n) is 10.3. The normalized spacial score (nSPS) is 13.3. The zero-order chi connectivity index (χ0) is 21.4. The number of imidazole rings is 1. The van der Waals surface area contributed by atoms with Gasteiger partial charge < -0.3 is 16.0 Å². The average Bonchev–Trinajstić information content (AvgIpc) is 3.22. The molecule has 8 heteroatoms. The van der Waals surface area contributed by atoms with E-state index in [-0.39, 0.29) is 0 Å². The highest BCUT2D eigenvalue weighted by atomic mass is 16.1. The Labute approximate surface area is 179 Å². The van der Waals surface area contributed by atoms with Gasteiger partial charge in [0.05, 0.1) is 17.3 Å². The van der Waals surface area contributed by atoms with Crippen molar-refractivity contribution < 1.29 is 4.79 Å². The fraction of sp³-hybridized carbons (Fsp3) is 0.217. The number of amides is 1. The maximum atomic E-state index is 11.8. The topological polar surface area (TPSA) is 101 Å². The predicted octanol–water partition coefficient (Wildman–Crippen LogP) is 2.88. The number of nitrogens with one attached hydrogen (secondary N) is 1. The van der Waals surface area contributed by atoms with Crippen molar-refractivity contribution >= 4 is 23.1 Å². The van der Waals surface area contributed by atoms with Gasteiger partial charge in [0.1, 0.15) is 11.6 Å². The van der Waals surface area contributed by atoms with E-state index in [0.29, 0.717) is 29.3 Å². The number of rotatable bonds is 5. The molecule has 4 aromatic rings. The molecule has 0 atom stereocenters. The minimum atomic E-state index is -0.492. The number of aromatic nitrogens is 4. The predicted molar refractivity (Wildman–Crippen MR) is 120 cm³/mol. The van der Waals surface area contributed by atoms with Crippen LogP contribution in [0, 0.1) is 0 Å². The third kappa shape index (κ3) is 3.46. The highest BCUT2D eigenvalue weighted by Crippen LogP contribution is 2.32. The minimum Gasteiger partial charge on any atom is -0.366 e. The van der Waals surface area contributed by atoms with Gasteiger partial charge in [-0.05, 0) is 30.5 Å². The lowest BCUT2D eigenvalue weighted by Gasteiger charge is -2.28. The van der Waals surface area contributed by atoms with Gasteiger partial charge in [0.15, 0.2) is 11.6 Å². The molecule has 0 saturated carbocycles. The zero-order valence-corrected chi connectivity index (χ0v) is 17.2. The fourth-order valence-corrected chi connectivity index (χ4v) is 4.04. The molecule has 0 bridgehead atoms. The Morgan fingerprint density at radius 1 is 1.16 bits per heavy atom. The molecule has 3 N–H and O–H groups in total. The highest BCUT2D eigenvalue weighted by molar-refractivity contribution is 5.99. The summed E-state index contributed by atoms with van der Waals surface area (Å²) in [6.45, 7) is 1.61. The molecule has 0 unspecified atom stereocenters. The molecule has 8 nitrogen and oxygen atoms in total. The van der Waals surface area contributed by atoms with Gasteiger partial charge in [-0.25, -0.2) is 15.0 Å². The van der Waals surface area contributed by atoms with Gasteiger partial charge in [0.2, 0.25) is 0 Å². The number of anilines is 2. The van der Waals surface area contributed by atoms with Gasteiger partial charge in [0.25, 0.3) is 5.91 Å². The van der Waals surface area contributed by atoms with Crippen LogP contribution in [0.4, 0.5) is 11.6 Å². The van der Waals surface area contributed by atoms with E-state index >= 15 is 0 Å². The third-order valence-corrected chi connectivity index (χ3v) is 5.61. The number of nitrogens with two attached hydrogens (primary N) is 1. The molecule has 1 amide bonds. The summed E-state index contributed by atoms with van der Waals surface area (Å²) in [7, 11) is 2.05. The van der Waals surface area contributed by atoms with Crippen LogP contribution in [0.3, 0.4) is 0 Å². The number of carbonyl (C=O) groups is 1. The second-order valence-corrected chi connectivity index (χ2v) is 7.69. The molecule has 0 fully saturated rings. The van der Waals surface area contributed by atoms with Gasteiger partial charge in [-0.1, -0.05) is 30.3 Å². The second-order valence-electron chi connectivity index (χ2n) is 7.69. The van der Waals surface area contributed by atoms with Crippen molar-refractivity contribution in [2.75, 3.05) is 23.8 Å². The van der Waals surface area contributed by atoms with Crippen LogP contribution >= 0.6 is 0 Å². The van der Waals surface area contributed by atoms with Crippen molar-refractivity contribution in [3.8, 4) is 11.6 Å². The van der Waals surface area contributed by atoms with Crippen LogP contribution in [0.25, 0.3) is 17.2 Å². The van der Waals surface area contributed by atoms with E-state index in [9.17, 15) is 4.79 Å². The smallest absolute Gasteiger partial charge is 0.250 e. The first-order valence-corrected chi connectivity index (χ1v) is 10.3. The van der Waals surface area contributed by atoms with Crippen molar-refractivity contribution in [1.82, 2.24) is 19.4 Å². The molecular weight excluding hydrogens is 390 g/mol. The van der Waals surface area contributed by atoms with Gasteiger partial charge in [-0.15, -0.1) is 0 Å². The summed E-state index contributed by atoms with van der Waals surface area (Å²) in [5.74, 6) is 2.31. The van der Waals surface area contributed by atoms with E-state index < -0.39 is 5.91 Å². The lowest BCUT2D eigenvalue weighted by Crippen LogP contribution is -2.27. The van der Waals surface area contributed by atoms with Crippen LogP contribution in [0.1, 0.15) is 27.9 Å². The summed E-state index contributed by atoms with van der Waals surface area (Å²) in [5.41, 5.74) is 8.88. The monoisotopic (exact) mass is 413 g/mol. The summed E-state index contributed by atoms with van der Waals surface area (Å²) in [6.07, 6.45) is 5.46. The minimum absolute atomic E-state index is 0.416. The summed E-state index contributed by atoms with van der Waals surface area (Å²) in [4.78, 5) is 28.2. The fourth-order valence-electron chi connectivity index (χ4n) is 4.04. The molecular formula is C23H23N7O. The molecule has 3 aromatic heterocycles. The zero-order valence-electron chi connectivity index (χ0n) is 17.2. The second kappa shape index (κ2) is 7.71. The number of carbonyl (C=O) groups excluding carboxylic acids is 1. The molecule has 156 valence electrons. The molecule has 4 heterocycles. The van der Waals surface area contributed by atoms with Gasteiger partial charge >= 0.3 is 0 Å². The highest BCUT2D eigenvalue weighted by Gasteiger charge is 2.23. The standard InChI is InChI=1S/C23H23N7O/c1-29-11-5-10-17-20(25-13-15-7-3-2-4-8-15)27-21(28-22(17)29)23-26-14-18-16(19(24)31)9-6-12-30(18)23/h2-4,6-9,12,14H,5,10-11,13H2,1H3,(H2,24,31)(H,25,27,28). The van der Waals surface area contributed by atoms with E-state index in [2.05, 4.69) is 27.3 Å². The number of fused-ring (bicyclic) bond motifs is 2. The van der Waals surface area contributed by atoms with E-state index in [0.717, 1.165) is 36.6 Å². The molecule has 1 aromatic carbocycles. The Morgan fingerprint density at radius 3 is 2.81 bits per heavy atom. The Morgan fingerprint density at radius 2 is 2.00 bits per heavy atom. The van der Waals surface area contributed by atoms with Crippen molar-refractivity contribution in [2.24, 2.45) is 5.73 Å². The Hall–Kier alpha value is -3.94. The summed E-state index contributed by atoms with van der Waals surface area (Å²) >= 11 is 0. The lowest BCUT2D eigenvalue weighted by atomic mass is 10.1. The van der Waals surface area contributed by atoms with Crippen molar-refractivity contribution in [3.05, 3.63) is 71.5 Å². The number of pyridine rings is 1. The molecule has 1 aliphatic rings. The molecule has 31 heavy (non-hydrogen) atoms. The number of primary amides is 1. The van der Waals surface area contributed by atoms with E-state index in [4.69, 9.17) is 15.7 Å². The Balaban J connectivity index is 1.61. The van der Waals surface area contributed by atoms with E-state index in [1.54, 1.807) is 18.3 Å². The number of hydrogen-bond acceptors (Lipinski definition) is 6. The quantitative estimate of drug-likeness (QED) is 0.522. The number of benzene rings is 1. The molecule has 0 radical (unpaired) electrons. The summed E-state index contributed by atoms with van der Waals surface area (Å²) in [5, 5.41) is 3.50. The van der Waals surface area contributed by atoms with Crippen LogP contribution in [0.5, 0.6) is 0 Å². The third-order valence-electron chi connectivity index (χ3n) is 5.61. The van der Waals surface area contributed by atoms with Crippen molar-refractivity contribution in [1.29, 1.82) is 0 Å². The van der Waals surface area contributed by atoms with Crippen LogP contribution in [-0.2, 0) is 13.0 Å². The molecule has 1 aliphatic heterocycles. The Bertz CT molecular complexity index is 1270. The van der Waals surface area contributed by atoms with Crippen molar-refractivity contribution in [3.63, 3.8) is 0 Å². The maximum absolute atomic E-state index is 11.8. The van der Waals surface area contributed by atoms with Crippen molar-refractivity contribution in [2.45, 2.75) is 19.4 Å². The maximum Gasteiger partial charge on any atom is 0.250 e. The van der Waals surface area contributed by atoms with E-state index in [1.807, 2.05) is 35.8 Å². The van der Waals surface area contributed by atoms with Crippen LogP contribution in [-0.4, -0.2) is 38.9 Å². The first kappa shape index (κ1) is 19.0. The molecule has 0 saturated heterocycles. The van der Waals surface area contributed by atoms with Crippen LogP contribution in [0.15, 0.2) is 54.9 Å². The average molecular weight is 413 g/mol. The number of hydrogen-bond donors (Lipinski definition) is 2. The van der Waals surface area contributed by atoms with Gasteiger partial charge in [0, 0.05) is 31.9 Å². The Kier molecular flexibility index (Phi) is 4.74. The molecule has 0 aliphatic carbocycles. The number of nitrogens with zero attached hydrogens (tertiary/aromatic N) is 5. The molecule has 5 rings (SSSR count). The van der Waals surface area contributed by atoms with Gasteiger partial charge in [-0.2, -0.15) is 0 Å². The van der Waals surface area contributed by atoms with Crippen LogP contribution < -0.4 is 16.0 Å². The van der Waals surface area contributed by atoms with Gasteiger partial charge in [-0.3, -0.25) is 9.20 Å². The largest absolute Gasteiger partial charge is 0.366 e. The van der Waals surface area contributed by atoms with E-state index in [1.165, 1.54) is 5.56 Å². The molecule has 0 spiro atoms.